The molecule has 0 fully saturated rings. The van der Waals surface area contributed by atoms with Gasteiger partial charge in [-0.25, -0.2) is 12.7 Å². The second kappa shape index (κ2) is 7.21. The molecule has 0 spiro atoms. The number of phenols is 1. The summed E-state index contributed by atoms with van der Waals surface area (Å²) in [5.41, 5.74) is 0.836. The Balaban J connectivity index is 2.42. The van der Waals surface area contributed by atoms with Crippen LogP contribution in [0.2, 0.25) is 5.02 Å². The lowest BCUT2D eigenvalue weighted by Crippen LogP contribution is -2.22. The maximum absolute atomic E-state index is 12.2. The first-order chi connectivity index (χ1) is 11.3. The van der Waals surface area contributed by atoms with Crippen molar-refractivity contribution in [2.45, 2.75) is 4.90 Å². The minimum Gasteiger partial charge on any atom is -0.504 e. The standard InChI is InChI=1S/C16H17ClN2O4S/c1-19(2)24(21,22)15-9-12(7-8-13(15)17)18-10-11-5-4-6-14(23-3)16(11)20/h4-10,20H,1-3H3. The van der Waals surface area contributed by atoms with E-state index in [0.717, 1.165) is 4.31 Å². The van der Waals surface area contributed by atoms with Gasteiger partial charge in [0.25, 0.3) is 0 Å². The minimum absolute atomic E-state index is 0.0290. The number of aromatic hydroxyl groups is 1. The number of nitrogens with zero attached hydrogens (tertiary/aromatic N) is 2. The van der Waals surface area contributed by atoms with Crippen molar-refractivity contribution in [2.24, 2.45) is 4.99 Å². The Hall–Kier alpha value is -2.09. The number of sulfonamides is 1. The Morgan fingerprint density at radius 2 is 1.96 bits per heavy atom. The van der Waals surface area contributed by atoms with E-state index in [4.69, 9.17) is 16.3 Å². The van der Waals surface area contributed by atoms with Gasteiger partial charge >= 0.3 is 0 Å². The van der Waals surface area contributed by atoms with E-state index in [2.05, 4.69) is 4.99 Å². The highest BCUT2D eigenvalue weighted by atomic mass is 35.5. The maximum Gasteiger partial charge on any atom is 0.244 e. The third-order valence-corrected chi connectivity index (χ3v) is 5.57. The molecular weight excluding hydrogens is 352 g/mol. The number of methoxy groups -OCH3 is 1. The molecule has 0 aliphatic carbocycles. The first kappa shape index (κ1) is 18.3. The van der Waals surface area contributed by atoms with Crippen LogP contribution >= 0.6 is 11.6 Å². The van der Waals surface area contributed by atoms with Gasteiger partial charge in [-0.2, -0.15) is 0 Å². The molecule has 0 unspecified atom stereocenters. The summed E-state index contributed by atoms with van der Waals surface area (Å²) in [6.45, 7) is 0. The molecule has 2 rings (SSSR count). The summed E-state index contributed by atoms with van der Waals surface area (Å²) in [5.74, 6) is 0.282. The molecule has 0 aliphatic rings. The Morgan fingerprint density at radius 1 is 1.25 bits per heavy atom. The van der Waals surface area contributed by atoms with Crippen molar-refractivity contribution in [2.75, 3.05) is 21.2 Å². The van der Waals surface area contributed by atoms with Crippen LogP contribution < -0.4 is 4.74 Å². The molecule has 8 heteroatoms. The number of benzene rings is 2. The van der Waals surface area contributed by atoms with Crippen molar-refractivity contribution in [1.29, 1.82) is 0 Å². The zero-order valence-corrected chi connectivity index (χ0v) is 15.0. The minimum atomic E-state index is -3.67. The van der Waals surface area contributed by atoms with Gasteiger partial charge in [0, 0.05) is 25.9 Å². The van der Waals surface area contributed by atoms with E-state index < -0.39 is 10.0 Å². The Labute approximate surface area is 146 Å². The van der Waals surface area contributed by atoms with Crippen molar-refractivity contribution >= 4 is 33.5 Å². The maximum atomic E-state index is 12.2. The molecule has 0 radical (unpaired) electrons. The summed E-state index contributed by atoms with van der Waals surface area (Å²) < 4.78 is 30.6. The molecule has 0 saturated heterocycles. The number of halogens is 1. The fraction of sp³-hybridized carbons (Fsp3) is 0.188. The molecule has 0 bridgehead atoms. The Kier molecular flexibility index (Phi) is 5.48. The monoisotopic (exact) mass is 368 g/mol. The van der Waals surface area contributed by atoms with Crippen LogP contribution in [-0.2, 0) is 10.0 Å². The Morgan fingerprint density at radius 3 is 2.58 bits per heavy atom. The highest BCUT2D eigenvalue weighted by Gasteiger charge is 2.21. The molecule has 24 heavy (non-hydrogen) atoms. The van der Waals surface area contributed by atoms with Crippen molar-refractivity contribution < 1.29 is 18.3 Å². The van der Waals surface area contributed by atoms with Gasteiger partial charge in [0.1, 0.15) is 4.90 Å². The molecule has 6 nitrogen and oxygen atoms in total. The first-order valence-corrected chi connectivity index (χ1v) is 8.71. The third-order valence-electron chi connectivity index (χ3n) is 3.28. The van der Waals surface area contributed by atoms with E-state index in [1.807, 2.05) is 0 Å². The van der Waals surface area contributed by atoms with Gasteiger partial charge in [-0.15, -0.1) is 0 Å². The van der Waals surface area contributed by atoms with E-state index in [1.54, 1.807) is 24.3 Å². The van der Waals surface area contributed by atoms with Crippen molar-refractivity contribution in [3.8, 4) is 11.5 Å². The predicted octanol–water partition coefficient (Wildman–Crippen LogP) is 3.06. The van der Waals surface area contributed by atoms with Gasteiger partial charge < -0.3 is 9.84 Å². The average Bonchev–Trinajstić information content (AvgIpc) is 2.54. The summed E-state index contributed by atoms with van der Waals surface area (Å²) in [7, 11) is 0.631. The van der Waals surface area contributed by atoms with Gasteiger partial charge in [0.2, 0.25) is 10.0 Å². The molecule has 0 aliphatic heterocycles. The number of hydrogen-bond acceptors (Lipinski definition) is 5. The topological polar surface area (TPSA) is 79.2 Å². The molecule has 0 heterocycles. The fourth-order valence-electron chi connectivity index (χ4n) is 1.92. The predicted molar refractivity (Wildman–Crippen MR) is 94.2 cm³/mol. The molecule has 128 valence electrons. The summed E-state index contributed by atoms with van der Waals surface area (Å²) in [6.07, 6.45) is 1.42. The second-order valence-electron chi connectivity index (χ2n) is 5.06. The molecule has 1 N–H and O–H groups in total. The van der Waals surface area contributed by atoms with Crippen LogP contribution in [0.1, 0.15) is 5.56 Å². The second-order valence-corrected chi connectivity index (χ2v) is 7.59. The van der Waals surface area contributed by atoms with Gasteiger partial charge in [-0.3, -0.25) is 4.99 Å². The van der Waals surface area contributed by atoms with Gasteiger partial charge in [0.15, 0.2) is 11.5 Å². The molecule has 0 atom stereocenters. The molecule has 0 saturated carbocycles. The lowest BCUT2D eigenvalue weighted by molar-refractivity contribution is 0.373. The average molecular weight is 369 g/mol. The van der Waals surface area contributed by atoms with Crippen LogP contribution in [0.15, 0.2) is 46.3 Å². The van der Waals surface area contributed by atoms with Crippen LogP contribution in [-0.4, -0.2) is 45.2 Å². The van der Waals surface area contributed by atoms with Crippen molar-refractivity contribution in [3.05, 3.63) is 47.0 Å². The molecular formula is C16H17ClN2O4S. The smallest absolute Gasteiger partial charge is 0.244 e. The number of aliphatic imine (C=N–C) groups is 1. The van der Waals surface area contributed by atoms with Gasteiger partial charge in [-0.05, 0) is 30.3 Å². The summed E-state index contributed by atoms with van der Waals surface area (Å²) in [4.78, 5) is 4.18. The number of rotatable bonds is 5. The number of ether oxygens (including phenoxy) is 1. The van der Waals surface area contributed by atoms with E-state index >= 15 is 0 Å². The zero-order valence-electron chi connectivity index (χ0n) is 13.4. The quantitative estimate of drug-likeness (QED) is 0.822. The van der Waals surface area contributed by atoms with E-state index in [1.165, 1.54) is 39.6 Å². The van der Waals surface area contributed by atoms with Crippen molar-refractivity contribution in [1.82, 2.24) is 4.31 Å². The van der Waals surface area contributed by atoms with Gasteiger partial charge in [-0.1, -0.05) is 17.7 Å². The van der Waals surface area contributed by atoms with Gasteiger partial charge in [0.05, 0.1) is 17.8 Å². The summed E-state index contributed by atoms with van der Waals surface area (Å²) in [5, 5.41) is 10.1. The zero-order chi connectivity index (χ0) is 17.9. The van der Waals surface area contributed by atoms with Crippen LogP contribution in [0, 0.1) is 0 Å². The highest BCUT2D eigenvalue weighted by molar-refractivity contribution is 7.89. The van der Waals surface area contributed by atoms with Crippen LogP contribution in [0.5, 0.6) is 11.5 Å². The largest absolute Gasteiger partial charge is 0.504 e. The normalized spacial score (nSPS) is 12.0. The number of phenolic OH excluding ortho intramolecular Hbond substituents is 1. The van der Waals surface area contributed by atoms with E-state index in [0.29, 0.717) is 17.0 Å². The molecule has 2 aromatic carbocycles. The van der Waals surface area contributed by atoms with Crippen molar-refractivity contribution in [3.63, 3.8) is 0 Å². The molecule has 0 aromatic heterocycles. The fourth-order valence-corrected chi connectivity index (χ4v) is 3.31. The van der Waals surface area contributed by atoms with E-state index in [-0.39, 0.29) is 15.7 Å². The van der Waals surface area contributed by atoms with Crippen LogP contribution in [0.3, 0.4) is 0 Å². The number of hydrogen-bond donors (Lipinski definition) is 1. The number of para-hydroxylation sites is 1. The third kappa shape index (κ3) is 3.69. The van der Waals surface area contributed by atoms with E-state index in [9.17, 15) is 13.5 Å². The van der Waals surface area contributed by atoms with Crippen LogP contribution in [0.4, 0.5) is 5.69 Å². The lowest BCUT2D eigenvalue weighted by atomic mass is 10.2. The Bertz CT molecular complexity index is 880. The SMILES string of the molecule is COc1cccc(C=Nc2ccc(Cl)c(S(=O)(=O)N(C)C)c2)c1O. The highest BCUT2D eigenvalue weighted by Crippen LogP contribution is 2.30. The summed E-state index contributed by atoms with van der Waals surface area (Å²) in [6, 6.07) is 9.43. The first-order valence-electron chi connectivity index (χ1n) is 6.89. The lowest BCUT2D eigenvalue weighted by Gasteiger charge is -2.13. The molecule has 0 amide bonds. The summed E-state index contributed by atoms with van der Waals surface area (Å²) >= 11 is 5.99. The molecule has 2 aromatic rings. The van der Waals surface area contributed by atoms with Crippen LogP contribution in [0.25, 0.3) is 0 Å².